The quantitative estimate of drug-likeness (QED) is 0.718. The summed E-state index contributed by atoms with van der Waals surface area (Å²) in [7, 11) is 1.67. The van der Waals surface area contributed by atoms with E-state index in [4.69, 9.17) is 9.84 Å². The summed E-state index contributed by atoms with van der Waals surface area (Å²) in [6, 6.07) is 7.86. The molecule has 0 radical (unpaired) electrons. The number of rotatable bonds is 6. The summed E-state index contributed by atoms with van der Waals surface area (Å²) in [6.45, 7) is 3.11. The summed E-state index contributed by atoms with van der Waals surface area (Å²) in [4.78, 5) is 0. The molecule has 0 amide bonds. The first-order chi connectivity index (χ1) is 7.74. The summed E-state index contributed by atoms with van der Waals surface area (Å²) in [5.74, 6) is 0.870. The molecule has 0 aliphatic rings. The SMILES string of the molecule is COc1ccccc1C=CCNCC(C)O. The van der Waals surface area contributed by atoms with E-state index in [0.717, 1.165) is 17.9 Å². The summed E-state index contributed by atoms with van der Waals surface area (Å²) in [5.41, 5.74) is 1.06. The van der Waals surface area contributed by atoms with E-state index in [-0.39, 0.29) is 6.10 Å². The molecule has 2 N–H and O–H groups in total. The molecule has 3 nitrogen and oxygen atoms in total. The lowest BCUT2D eigenvalue weighted by atomic mass is 10.2. The summed E-state index contributed by atoms with van der Waals surface area (Å²) >= 11 is 0. The van der Waals surface area contributed by atoms with E-state index < -0.39 is 0 Å². The maximum atomic E-state index is 9.04. The standard InChI is InChI=1S/C13H19NO2/c1-11(15)10-14-9-5-7-12-6-3-4-8-13(12)16-2/h3-8,11,14-15H,9-10H2,1-2H3. The highest BCUT2D eigenvalue weighted by Gasteiger charge is 1.96. The van der Waals surface area contributed by atoms with Crippen molar-refractivity contribution < 1.29 is 9.84 Å². The van der Waals surface area contributed by atoms with E-state index in [1.54, 1.807) is 14.0 Å². The van der Waals surface area contributed by atoms with Gasteiger partial charge in [-0.25, -0.2) is 0 Å². The lowest BCUT2D eigenvalue weighted by Gasteiger charge is -2.05. The van der Waals surface area contributed by atoms with E-state index in [0.29, 0.717) is 6.54 Å². The van der Waals surface area contributed by atoms with E-state index in [9.17, 15) is 0 Å². The lowest BCUT2D eigenvalue weighted by molar-refractivity contribution is 0.193. The molecule has 0 saturated heterocycles. The van der Waals surface area contributed by atoms with Gasteiger partial charge in [-0.3, -0.25) is 0 Å². The number of aliphatic hydroxyl groups excluding tert-OH is 1. The molecule has 0 heterocycles. The normalized spacial score (nSPS) is 12.9. The molecule has 0 fully saturated rings. The Kier molecular flexibility index (Phi) is 5.61. The number of methoxy groups -OCH3 is 1. The molecular weight excluding hydrogens is 202 g/mol. The van der Waals surface area contributed by atoms with Crippen LogP contribution in [0.2, 0.25) is 0 Å². The fourth-order valence-corrected chi connectivity index (χ4v) is 1.37. The molecule has 0 aromatic heterocycles. The highest BCUT2D eigenvalue weighted by molar-refractivity contribution is 5.57. The minimum Gasteiger partial charge on any atom is -0.496 e. The van der Waals surface area contributed by atoms with Crippen molar-refractivity contribution in [1.29, 1.82) is 0 Å². The Morgan fingerprint density at radius 1 is 1.44 bits per heavy atom. The number of hydrogen-bond acceptors (Lipinski definition) is 3. The maximum absolute atomic E-state index is 9.04. The van der Waals surface area contributed by atoms with Gasteiger partial charge in [0, 0.05) is 18.7 Å². The van der Waals surface area contributed by atoms with Gasteiger partial charge in [0.1, 0.15) is 5.75 Å². The Morgan fingerprint density at radius 3 is 2.88 bits per heavy atom. The van der Waals surface area contributed by atoms with Crippen molar-refractivity contribution in [2.75, 3.05) is 20.2 Å². The number of benzene rings is 1. The Labute approximate surface area is 96.8 Å². The van der Waals surface area contributed by atoms with Gasteiger partial charge >= 0.3 is 0 Å². The largest absolute Gasteiger partial charge is 0.496 e. The Morgan fingerprint density at radius 2 is 2.19 bits per heavy atom. The zero-order chi connectivity index (χ0) is 11.8. The highest BCUT2D eigenvalue weighted by atomic mass is 16.5. The van der Waals surface area contributed by atoms with Crippen LogP contribution in [0, 0.1) is 0 Å². The third kappa shape index (κ3) is 4.47. The monoisotopic (exact) mass is 221 g/mol. The van der Waals surface area contributed by atoms with Crippen molar-refractivity contribution in [3.8, 4) is 5.75 Å². The minimum absolute atomic E-state index is 0.306. The lowest BCUT2D eigenvalue weighted by Crippen LogP contribution is -2.24. The molecule has 1 atom stereocenters. The first-order valence-electron chi connectivity index (χ1n) is 5.42. The molecule has 1 aromatic carbocycles. The predicted molar refractivity (Wildman–Crippen MR) is 66.6 cm³/mol. The molecule has 1 aromatic rings. The zero-order valence-electron chi connectivity index (χ0n) is 9.81. The van der Waals surface area contributed by atoms with Crippen LogP contribution in [0.3, 0.4) is 0 Å². The van der Waals surface area contributed by atoms with E-state index >= 15 is 0 Å². The number of para-hydroxylation sites is 1. The van der Waals surface area contributed by atoms with Crippen LogP contribution in [0.5, 0.6) is 5.75 Å². The van der Waals surface area contributed by atoms with Gasteiger partial charge in [-0.15, -0.1) is 0 Å². The third-order valence-electron chi connectivity index (χ3n) is 2.14. The van der Waals surface area contributed by atoms with E-state index in [1.807, 2.05) is 36.4 Å². The van der Waals surface area contributed by atoms with Gasteiger partial charge in [0.15, 0.2) is 0 Å². The van der Waals surface area contributed by atoms with Crippen molar-refractivity contribution >= 4 is 6.08 Å². The van der Waals surface area contributed by atoms with E-state index in [1.165, 1.54) is 0 Å². The summed E-state index contributed by atoms with van der Waals surface area (Å²) in [6.07, 6.45) is 3.72. The first kappa shape index (κ1) is 12.7. The number of aliphatic hydroxyl groups is 1. The van der Waals surface area contributed by atoms with Crippen LogP contribution in [-0.4, -0.2) is 31.4 Å². The summed E-state index contributed by atoms with van der Waals surface area (Å²) < 4.78 is 5.23. The average Bonchev–Trinajstić information content (AvgIpc) is 2.29. The molecule has 0 saturated carbocycles. The molecule has 0 bridgehead atoms. The maximum Gasteiger partial charge on any atom is 0.126 e. The Bertz CT molecular complexity index is 334. The molecule has 0 spiro atoms. The molecular formula is C13H19NO2. The van der Waals surface area contributed by atoms with Crippen LogP contribution in [-0.2, 0) is 0 Å². The van der Waals surface area contributed by atoms with Crippen LogP contribution >= 0.6 is 0 Å². The van der Waals surface area contributed by atoms with Crippen LogP contribution in [0.15, 0.2) is 30.3 Å². The molecule has 1 rings (SSSR count). The topological polar surface area (TPSA) is 41.5 Å². The van der Waals surface area contributed by atoms with Gasteiger partial charge in [-0.2, -0.15) is 0 Å². The van der Waals surface area contributed by atoms with Gasteiger partial charge < -0.3 is 15.2 Å². The molecule has 16 heavy (non-hydrogen) atoms. The second-order valence-electron chi connectivity index (χ2n) is 3.65. The smallest absolute Gasteiger partial charge is 0.126 e. The van der Waals surface area contributed by atoms with Crippen molar-refractivity contribution in [1.82, 2.24) is 5.32 Å². The summed E-state index contributed by atoms with van der Waals surface area (Å²) in [5, 5.41) is 12.2. The van der Waals surface area contributed by atoms with Crippen LogP contribution in [0.4, 0.5) is 0 Å². The van der Waals surface area contributed by atoms with Gasteiger partial charge in [0.25, 0.3) is 0 Å². The fourth-order valence-electron chi connectivity index (χ4n) is 1.37. The number of ether oxygens (including phenoxy) is 1. The number of hydrogen-bond donors (Lipinski definition) is 2. The van der Waals surface area contributed by atoms with Gasteiger partial charge in [0.2, 0.25) is 0 Å². The van der Waals surface area contributed by atoms with Crippen LogP contribution in [0.1, 0.15) is 12.5 Å². The molecule has 88 valence electrons. The Hall–Kier alpha value is -1.32. The molecule has 0 aliphatic heterocycles. The van der Waals surface area contributed by atoms with E-state index in [2.05, 4.69) is 5.32 Å². The minimum atomic E-state index is -0.306. The van der Waals surface area contributed by atoms with Crippen molar-refractivity contribution in [3.05, 3.63) is 35.9 Å². The van der Waals surface area contributed by atoms with Crippen LogP contribution < -0.4 is 10.1 Å². The van der Waals surface area contributed by atoms with Crippen molar-refractivity contribution in [2.45, 2.75) is 13.0 Å². The van der Waals surface area contributed by atoms with Gasteiger partial charge in [0.05, 0.1) is 13.2 Å². The second kappa shape index (κ2) is 7.04. The third-order valence-corrected chi connectivity index (χ3v) is 2.14. The molecule has 3 heteroatoms. The van der Waals surface area contributed by atoms with Crippen molar-refractivity contribution in [3.63, 3.8) is 0 Å². The van der Waals surface area contributed by atoms with Crippen molar-refractivity contribution in [2.24, 2.45) is 0 Å². The molecule has 1 unspecified atom stereocenters. The van der Waals surface area contributed by atoms with Gasteiger partial charge in [-0.1, -0.05) is 30.4 Å². The number of nitrogens with one attached hydrogen (secondary N) is 1. The fraction of sp³-hybridized carbons (Fsp3) is 0.385. The van der Waals surface area contributed by atoms with Gasteiger partial charge in [-0.05, 0) is 13.0 Å². The Balaban J connectivity index is 2.43. The average molecular weight is 221 g/mol. The highest BCUT2D eigenvalue weighted by Crippen LogP contribution is 2.18. The first-order valence-corrected chi connectivity index (χ1v) is 5.42. The zero-order valence-corrected chi connectivity index (χ0v) is 9.81. The predicted octanol–water partition coefficient (Wildman–Crippen LogP) is 1.68. The molecule has 0 aliphatic carbocycles. The van der Waals surface area contributed by atoms with Crippen LogP contribution in [0.25, 0.3) is 6.08 Å². The second-order valence-corrected chi connectivity index (χ2v) is 3.65.